The van der Waals surface area contributed by atoms with E-state index in [1.54, 1.807) is 12.1 Å². The van der Waals surface area contributed by atoms with Crippen molar-refractivity contribution < 1.29 is 24.9 Å². The molecular formula is C36H47NO5. The number of aryl methyl sites for hydroxylation is 1. The lowest BCUT2D eigenvalue weighted by atomic mass is 9.79. The number of aliphatic hydroxyl groups is 2. The Kier molecular flexibility index (Phi) is 15.0. The fraction of sp³-hybridized carbons (Fsp3) is 0.417. The average molecular weight is 574 g/mol. The third kappa shape index (κ3) is 11.5. The van der Waals surface area contributed by atoms with Crippen LogP contribution in [0.2, 0.25) is 0 Å². The number of fused-ring (bicyclic) bond motifs is 1. The monoisotopic (exact) mass is 573 g/mol. The Balaban J connectivity index is 0.000000307. The van der Waals surface area contributed by atoms with Crippen LogP contribution in [0.3, 0.4) is 0 Å². The van der Waals surface area contributed by atoms with Gasteiger partial charge in [0.25, 0.3) is 0 Å². The first-order valence-electron chi connectivity index (χ1n) is 15.2. The van der Waals surface area contributed by atoms with Gasteiger partial charge in [-0.3, -0.25) is 0 Å². The van der Waals surface area contributed by atoms with Crippen LogP contribution in [-0.2, 0) is 11.2 Å². The highest BCUT2D eigenvalue weighted by molar-refractivity contribution is 6.03. The number of aliphatic hydroxyl groups excluding tert-OH is 2. The number of nitrogens with one attached hydrogen (secondary N) is 1. The fourth-order valence-electron chi connectivity index (χ4n) is 5.19. The van der Waals surface area contributed by atoms with Gasteiger partial charge in [-0.1, -0.05) is 97.8 Å². The maximum atomic E-state index is 10.8. The molecule has 1 unspecified atom stereocenters. The molecule has 226 valence electrons. The van der Waals surface area contributed by atoms with Gasteiger partial charge in [0.05, 0.1) is 18.8 Å². The number of rotatable bonds is 17. The van der Waals surface area contributed by atoms with Crippen LogP contribution in [0.5, 0.6) is 0 Å². The summed E-state index contributed by atoms with van der Waals surface area (Å²) in [7, 11) is 0. The van der Waals surface area contributed by atoms with Gasteiger partial charge in [-0.25, -0.2) is 4.79 Å². The molecule has 6 nitrogen and oxygen atoms in total. The molecule has 4 rings (SSSR count). The van der Waals surface area contributed by atoms with E-state index in [0.717, 1.165) is 74.8 Å². The van der Waals surface area contributed by atoms with Crippen molar-refractivity contribution in [3.63, 3.8) is 0 Å². The molecule has 0 amide bonds. The molecule has 1 aliphatic rings. The minimum absolute atomic E-state index is 0.0706. The summed E-state index contributed by atoms with van der Waals surface area (Å²) in [6.07, 6.45) is 14.8. The molecule has 0 saturated heterocycles. The summed E-state index contributed by atoms with van der Waals surface area (Å²) < 4.78 is 5.75. The molecule has 0 fully saturated rings. The standard InChI is InChI=1S/C25H39NO3.C11H8O2/c27-20-24-14-10-15-25(19-24,22-28)21-26-16-7-1-2-8-17-29-18-9-6-13-23-11-4-3-5-12-23;12-11(13)10-7-3-5-8-4-1-2-6-9(8)10/h3-5,10-12,14-15,26-28H,1-2,6-9,13,16-22H2;1-7H,(H,12,13). The quantitative estimate of drug-likeness (QED) is 0.136. The average Bonchev–Trinajstić information content (AvgIpc) is 3.03. The van der Waals surface area contributed by atoms with Gasteiger partial charge in [0.2, 0.25) is 0 Å². The molecule has 1 aliphatic carbocycles. The lowest BCUT2D eigenvalue weighted by Gasteiger charge is -2.32. The summed E-state index contributed by atoms with van der Waals surface area (Å²) in [5.74, 6) is -0.878. The van der Waals surface area contributed by atoms with Crippen LogP contribution < -0.4 is 5.32 Å². The Morgan fingerprint density at radius 1 is 0.833 bits per heavy atom. The number of unbranched alkanes of at least 4 members (excludes halogenated alkanes) is 4. The van der Waals surface area contributed by atoms with Crippen molar-refractivity contribution >= 4 is 16.7 Å². The maximum Gasteiger partial charge on any atom is 0.336 e. The van der Waals surface area contributed by atoms with Gasteiger partial charge in [-0.15, -0.1) is 0 Å². The topological polar surface area (TPSA) is 99.0 Å². The number of aromatic carboxylic acids is 1. The van der Waals surface area contributed by atoms with E-state index in [1.807, 2.05) is 42.5 Å². The largest absolute Gasteiger partial charge is 0.478 e. The van der Waals surface area contributed by atoms with Crippen molar-refractivity contribution in [2.24, 2.45) is 5.41 Å². The predicted molar refractivity (Wildman–Crippen MR) is 171 cm³/mol. The zero-order valence-corrected chi connectivity index (χ0v) is 24.7. The van der Waals surface area contributed by atoms with Gasteiger partial charge in [0.15, 0.2) is 0 Å². The van der Waals surface area contributed by atoms with Crippen molar-refractivity contribution in [2.45, 2.75) is 51.4 Å². The maximum absolute atomic E-state index is 10.8. The van der Waals surface area contributed by atoms with E-state index in [9.17, 15) is 15.0 Å². The number of hydrogen-bond donors (Lipinski definition) is 4. The van der Waals surface area contributed by atoms with Crippen molar-refractivity contribution in [1.82, 2.24) is 5.32 Å². The zero-order valence-electron chi connectivity index (χ0n) is 24.7. The molecule has 6 heteroatoms. The van der Waals surface area contributed by atoms with Gasteiger partial charge in [0.1, 0.15) is 0 Å². The molecule has 0 aliphatic heterocycles. The number of benzene rings is 3. The van der Waals surface area contributed by atoms with Crippen molar-refractivity contribution in [1.29, 1.82) is 0 Å². The Morgan fingerprint density at radius 2 is 1.55 bits per heavy atom. The first-order valence-corrected chi connectivity index (χ1v) is 15.2. The van der Waals surface area contributed by atoms with E-state index < -0.39 is 5.97 Å². The third-order valence-corrected chi connectivity index (χ3v) is 7.62. The van der Waals surface area contributed by atoms with E-state index in [2.05, 4.69) is 41.7 Å². The summed E-state index contributed by atoms with van der Waals surface area (Å²) >= 11 is 0. The van der Waals surface area contributed by atoms with Gasteiger partial charge in [-0.2, -0.15) is 0 Å². The van der Waals surface area contributed by atoms with Crippen LogP contribution in [0, 0.1) is 5.41 Å². The molecular weight excluding hydrogens is 526 g/mol. The van der Waals surface area contributed by atoms with Crippen LogP contribution in [-0.4, -0.2) is 60.8 Å². The molecule has 1 atom stereocenters. The van der Waals surface area contributed by atoms with Gasteiger partial charge in [-0.05, 0) is 73.0 Å². The SMILES string of the molecule is O=C(O)c1cccc2ccccc12.OCC1=CC=CC(CO)(CNCCCCCCOCCCCc2ccccc2)C1. The number of carboxylic acids is 1. The van der Waals surface area contributed by atoms with Crippen molar-refractivity contribution in [3.05, 3.63) is 108 Å². The first kappa shape index (κ1) is 33.2. The van der Waals surface area contributed by atoms with Gasteiger partial charge in [0, 0.05) is 25.2 Å². The smallest absolute Gasteiger partial charge is 0.336 e. The van der Waals surface area contributed by atoms with E-state index in [4.69, 9.17) is 9.84 Å². The highest BCUT2D eigenvalue weighted by Gasteiger charge is 2.28. The lowest BCUT2D eigenvalue weighted by Crippen LogP contribution is -2.37. The summed E-state index contributed by atoms with van der Waals surface area (Å²) in [4.78, 5) is 10.8. The van der Waals surface area contributed by atoms with Crippen LogP contribution >= 0.6 is 0 Å². The second-order valence-electron chi connectivity index (χ2n) is 11.0. The van der Waals surface area contributed by atoms with Crippen LogP contribution in [0.1, 0.15) is 60.9 Å². The fourth-order valence-corrected chi connectivity index (χ4v) is 5.19. The summed E-state index contributed by atoms with van der Waals surface area (Å²) in [6.45, 7) is 3.64. The lowest BCUT2D eigenvalue weighted by molar-refractivity contribution is 0.0699. The van der Waals surface area contributed by atoms with Crippen LogP contribution in [0.4, 0.5) is 0 Å². The third-order valence-electron chi connectivity index (χ3n) is 7.62. The normalized spacial score (nSPS) is 16.1. The minimum Gasteiger partial charge on any atom is -0.478 e. The summed E-state index contributed by atoms with van der Waals surface area (Å²) in [6, 6.07) is 23.4. The molecule has 0 aromatic heterocycles. The Morgan fingerprint density at radius 3 is 2.31 bits per heavy atom. The second kappa shape index (κ2) is 19.0. The number of allylic oxidation sites excluding steroid dienone is 2. The van der Waals surface area contributed by atoms with Crippen molar-refractivity contribution in [2.75, 3.05) is 39.5 Å². The van der Waals surface area contributed by atoms with Gasteiger partial charge < -0.3 is 25.4 Å². The molecule has 3 aromatic carbocycles. The second-order valence-corrected chi connectivity index (χ2v) is 11.0. The first-order chi connectivity index (χ1) is 20.6. The minimum atomic E-state index is -0.878. The molecule has 0 spiro atoms. The van der Waals surface area contributed by atoms with E-state index >= 15 is 0 Å². The van der Waals surface area contributed by atoms with Gasteiger partial charge >= 0.3 is 5.97 Å². The number of carboxylic acid groups (broad SMARTS) is 1. The molecule has 0 radical (unpaired) electrons. The Bertz CT molecular complexity index is 1250. The van der Waals surface area contributed by atoms with Crippen LogP contribution in [0.25, 0.3) is 10.8 Å². The molecule has 0 saturated carbocycles. The van der Waals surface area contributed by atoms with E-state index in [-0.39, 0.29) is 18.6 Å². The van der Waals surface area contributed by atoms with Crippen LogP contribution in [0.15, 0.2) is 96.6 Å². The molecule has 42 heavy (non-hydrogen) atoms. The van der Waals surface area contributed by atoms with E-state index in [1.165, 1.54) is 24.8 Å². The molecule has 3 aromatic rings. The molecule has 4 N–H and O–H groups in total. The Labute approximate surface area is 250 Å². The number of ether oxygens (including phenoxy) is 1. The summed E-state index contributed by atoms with van der Waals surface area (Å²) in [5, 5.41) is 33.2. The molecule has 0 heterocycles. The zero-order chi connectivity index (χ0) is 29.9. The number of hydrogen-bond acceptors (Lipinski definition) is 5. The van der Waals surface area contributed by atoms with E-state index in [0.29, 0.717) is 5.56 Å². The molecule has 0 bridgehead atoms. The number of carbonyl (C=O) groups is 1. The summed E-state index contributed by atoms with van der Waals surface area (Å²) in [5.41, 5.74) is 2.50. The Hall–Kier alpha value is -3.29. The van der Waals surface area contributed by atoms with Crippen molar-refractivity contribution in [3.8, 4) is 0 Å². The predicted octanol–water partition coefficient (Wildman–Crippen LogP) is 6.57. The highest BCUT2D eigenvalue weighted by atomic mass is 16.5. The highest BCUT2D eigenvalue weighted by Crippen LogP contribution is 2.30.